The Labute approximate surface area is 285 Å². The van der Waals surface area contributed by atoms with Crippen molar-refractivity contribution in [1.29, 1.82) is 0 Å². The van der Waals surface area contributed by atoms with Crippen LogP contribution in [0.15, 0.2) is 83.8 Å². The van der Waals surface area contributed by atoms with E-state index in [9.17, 15) is 9.90 Å². The molecule has 2 heterocycles. The number of nitrogens with zero attached hydrogens (tertiary/aromatic N) is 2. The molecule has 1 unspecified atom stereocenters. The van der Waals surface area contributed by atoms with Gasteiger partial charge in [-0.2, -0.15) is 0 Å². The number of pyridine rings is 1. The van der Waals surface area contributed by atoms with Crippen molar-refractivity contribution in [3.8, 4) is 5.75 Å². The summed E-state index contributed by atoms with van der Waals surface area (Å²) in [6.07, 6.45) is 0.0577. The molecule has 0 saturated heterocycles. The molecule has 0 bridgehead atoms. The monoisotopic (exact) mass is 622 g/mol. The molecular formula is C35H36ClN2NaO3S. The predicted octanol–water partition coefficient (Wildman–Crippen LogP) is 5.24. The Morgan fingerprint density at radius 2 is 1.70 bits per heavy atom. The molecule has 5 rings (SSSR count). The molecule has 43 heavy (non-hydrogen) atoms. The number of hydrogen-bond acceptors (Lipinski definition) is 5. The average molecular weight is 623 g/mol. The number of halogens is 1. The van der Waals surface area contributed by atoms with Crippen LogP contribution in [0.2, 0.25) is 5.02 Å². The van der Waals surface area contributed by atoms with Crippen LogP contribution < -0.4 is 39.4 Å². The number of aromatic nitrogens is 2. The largest absolute Gasteiger partial charge is 1.00 e. The van der Waals surface area contributed by atoms with Gasteiger partial charge in [-0.05, 0) is 61.4 Å². The van der Waals surface area contributed by atoms with Gasteiger partial charge in [0.2, 0.25) is 0 Å². The molecule has 0 fully saturated rings. The molecule has 0 aliphatic carbocycles. The first-order valence-electron chi connectivity index (χ1n) is 14.1. The van der Waals surface area contributed by atoms with E-state index in [2.05, 4.69) is 43.5 Å². The van der Waals surface area contributed by atoms with Crippen molar-refractivity contribution in [2.75, 3.05) is 0 Å². The maximum atomic E-state index is 12.2. The van der Waals surface area contributed by atoms with E-state index in [1.807, 2.05) is 67.6 Å². The number of carbonyl (C=O) groups is 1. The van der Waals surface area contributed by atoms with Crippen molar-refractivity contribution in [1.82, 2.24) is 9.55 Å². The van der Waals surface area contributed by atoms with Crippen molar-refractivity contribution in [3.05, 3.63) is 101 Å². The molecule has 0 radical (unpaired) electrons. The zero-order valence-electron chi connectivity index (χ0n) is 25.9. The number of carboxylic acids is 1. The summed E-state index contributed by atoms with van der Waals surface area (Å²) in [5.41, 5.74) is 3.79. The van der Waals surface area contributed by atoms with Gasteiger partial charge in [-0.25, -0.2) is 4.98 Å². The van der Waals surface area contributed by atoms with Crippen LogP contribution in [0.1, 0.15) is 64.6 Å². The summed E-state index contributed by atoms with van der Waals surface area (Å²) in [4.78, 5) is 18.0. The van der Waals surface area contributed by atoms with Gasteiger partial charge in [-0.15, -0.1) is 11.8 Å². The molecular weight excluding hydrogens is 587 g/mol. The number of carbonyl (C=O) groups excluding carboxylic acids is 1. The Morgan fingerprint density at radius 3 is 2.37 bits per heavy atom. The van der Waals surface area contributed by atoms with E-state index in [1.165, 1.54) is 0 Å². The van der Waals surface area contributed by atoms with Crippen molar-refractivity contribution in [2.45, 2.75) is 70.3 Å². The van der Waals surface area contributed by atoms with Crippen LogP contribution in [0, 0.1) is 5.41 Å². The van der Waals surface area contributed by atoms with Crippen LogP contribution in [0.3, 0.4) is 0 Å². The van der Waals surface area contributed by atoms with Crippen LogP contribution in [-0.2, 0) is 17.8 Å². The molecule has 0 spiro atoms. The first-order chi connectivity index (χ1) is 19.8. The SMILES string of the molecule is CC(Oc1ccc2c(c1)c(SC(C)(C)C)c(CC(C)(C)C(=O)[O-])n2Cc1ccc(Cl)cc1)c1ccc2ccccc2n1.[Na+]. The number of hydrogen-bond donors (Lipinski definition) is 0. The Bertz CT molecular complexity index is 1760. The minimum Gasteiger partial charge on any atom is -0.550 e. The molecule has 218 valence electrons. The predicted molar refractivity (Wildman–Crippen MR) is 171 cm³/mol. The summed E-state index contributed by atoms with van der Waals surface area (Å²) >= 11 is 7.92. The summed E-state index contributed by atoms with van der Waals surface area (Å²) in [6.45, 7) is 12.5. The third-order valence-corrected chi connectivity index (χ3v) is 8.79. The van der Waals surface area contributed by atoms with Crippen molar-refractivity contribution < 1.29 is 44.2 Å². The van der Waals surface area contributed by atoms with Gasteiger partial charge in [-0.1, -0.05) is 82.6 Å². The molecule has 1 atom stereocenters. The van der Waals surface area contributed by atoms with Gasteiger partial charge in [0, 0.05) is 54.6 Å². The van der Waals surface area contributed by atoms with Gasteiger partial charge in [-0.3, -0.25) is 0 Å². The fraction of sp³-hybridized carbons (Fsp3) is 0.314. The third-order valence-electron chi connectivity index (χ3n) is 7.26. The van der Waals surface area contributed by atoms with E-state index in [1.54, 1.807) is 25.6 Å². The molecule has 0 saturated carbocycles. The summed E-state index contributed by atoms with van der Waals surface area (Å²) < 4.78 is 8.58. The maximum Gasteiger partial charge on any atom is 1.00 e. The van der Waals surface area contributed by atoms with Crippen LogP contribution in [0.5, 0.6) is 5.75 Å². The van der Waals surface area contributed by atoms with Gasteiger partial charge >= 0.3 is 29.6 Å². The molecule has 8 heteroatoms. The number of carboxylic acid groups (broad SMARTS) is 1. The first-order valence-corrected chi connectivity index (χ1v) is 15.3. The minimum absolute atomic E-state index is 0. The Balaban J connectivity index is 0.00000423. The second-order valence-electron chi connectivity index (χ2n) is 12.4. The number of ether oxygens (including phenoxy) is 1. The Kier molecular flexibility index (Phi) is 10.3. The smallest absolute Gasteiger partial charge is 0.550 e. The van der Waals surface area contributed by atoms with Crippen molar-refractivity contribution in [3.63, 3.8) is 0 Å². The maximum absolute atomic E-state index is 12.2. The number of fused-ring (bicyclic) bond motifs is 2. The third kappa shape index (κ3) is 7.79. The molecule has 5 aromatic rings. The Morgan fingerprint density at radius 1 is 1.00 bits per heavy atom. The van der Waals surface area contributed by atoms with Gasteiger partial charge in [0.1, 0.15) is 11.9 Å². The summed E-state index contributed by atoms with van der Waals surface area (Å²) in [5, 5.41) is 15.0. The topological polar surface area (TPSA) is 67.2 Å². The number of aliphatic carboxylic acids is 1. The number of benzene rings is 3. The van der Waals surface area contributed by atoms with Crippen LogP contribution in [0.25, 0.3) is 21.8 Å². The van der Waals surface area contributed by atoms with E-state index in [0.29, 0.717) is 18.0 Å². The molecule has 5 nitrogen and oxygen atoms in total. The van der Waals surface area contributed by atoms with Crippen LogP contribution in [-0.4, -0.2) is 20.3 Å². The summed E-state index contributed by atoms with van der Waals surface area (Å²) in [6, 6.07) is 26.0. The minimum atomic E-state index is -1.07. The van der Waals surface area contributed by atoms with Crippen molar-refractivity contribution >= 4 is 51.1 Å². The molecule has 3 aromatic carbocycles. The first kappa shape index (κ1) is 33.4. The van der Waals surface area contributed by atoms with E-state index in [-0.39, 0.29) is 40.4 Å². The fourth-order valence-corrected chi connectivity index (χ4v) is 6.35. The van der Waals surface area contributed by atoms with Gasteiger partial charge in [0.15, 0.2) is 0 Å². The summed E-state index contributed by atoms with van der Waals surface area (Å²) in [7, 11) is 0. The molecule has 0 aliphatic heterocycles. The second-order valence-corrected chi connectivity index (χ2v) is 14.7. The van der Waals surface area contributed by atoms with Gasteiger partial charge < -0.3 is 19.2 Å². The fourth-order valence-electron chi connectivity index (χ4n) is 5.04. The zero-order valence-corrected chi connectivity index (χ0v) is 29.5. The number of thioether (sulfide) groups is 1. The normalized spacial score (nSPS) is 12.7. The molecule has 2 aromatic heterocycles. The number of rotatable bonds is 9. The molecule has 0 amide bonds. The van der Waals surface area contributed by atoms with Crippen LogP contribution >= 0.6 is 23.4 Å². The van der Waals surface area contributed by atoms with E-state index in [0.717, 1.165) is 49.4 Å². The standard InChI is InChI=1S/C35H37ClN2O3S.Na/c1-22(28-17-13-24-9-7-8-10-29(24)37-28)41-26-16-18-30-27(19-26)32(42-34(2,3)4)31(20-35(5,6)33(39)40)38(30)21-23-11-14-25(36)15-12-23;/h7-19,22H,20-21H2,1-6H3,(H,39,40);/q;+1/p-1. The second kappa shape index (κ2) is 13.3. The number of para-hydroxylation sites is 1. The van der Waals surface area contributed by atoms with Crippen LogP contribution in [0.4, 0.5) is 0 Å². The summed E-state index contributed by atoms with van der Waals surface area (Å²) in [5.74, 6) is -0.340. The van der Waals surface area contributed by atoms with Gasteiger partial charge in [0.25, 0.3) is 0 Å². The Hall–Kier alpha value is -2.48. The van der Waals surface area contributed by atoms with E-state index >= 15 is 0 Å². The quantitative estimate of drug-likeness (QED) is 0.166. The van der Waals surface area contributed by atoms with E-state index in [4.69, 9.17) is 21.3 Å². The average Bonchev–Trinajstić information content (AvgIpc) is 3.19. The van der Waals surface area contributed by atoms with E-state index < -0.39 is 11.4 Å². The van der Waals surface area contributed by atoms with Gasteiger partial charge in [0.05, 0.1) is 11.2 Å². The van der Waals surface area contributed by atoms with Crippen molar-refractivity contribution in [2.24, 2.45) is 5.41 Å². The molecule has 0 N–H and O–H groups in total. The molecule has 0 aliphatic rings. The zero-order chi connectivity index (χ0) is 30.2.